The van der Waals surface area contributed by atoms with Crippen LogP contribution in [-0.4, -0.2) is 18.8 Å². The highest BCUT2D eigenvalue weighted by atomic mass is 32.1. The van der Waals surface area contributed by atoms with E-state index < -0.39 is 0 Å². The molecule has 0 amide bonds. The predicted octanol–water partition coefficient (Wildman–Crippen LogP) is 1.12. The van der Waals surface area contributed by atoms with Gasteiger partial charge in [-0.05, 0) is 12.2 Å². The third-order valence-electron chi connectivity index (χ3n) is 1.17. The molecule has 9 heavy (non-hydrogen) atoms. The summed E-state index contributed by atoms with van der Waals surface area (Å²) in [4.78, 5) is 10.6. The second kappa shape index (κ2) is 4.68. The standard InChI is InChI=1S/C6H12O2S/c1-5(3-4-9)6(7)8-2/h5,9H,3-4H2,1-2H3. The van der Waals surface area contributed by atoms with Crippen molar-refractivity contribution in [3.8, 4) is 0 Å². The Hall–Kier alpha value is -0.180. The van der Waals surface area contributed by atoms with E-state index in [9.17, 15) is 4.79 Å². The lowest BCUT2D eigenvalue weighted by atomic mass is 10.1. The minimum Gasteiger partial charge on any atom is -0.469 e. The van der Waals surface area contributed by atoms with Gasteiger partial charge in [0.1, 0.15) is 0 Å². The Morgan fingerprint density at radius 2 is 2.33 bits per heavy atom. The van der Waals surface area contributed by atoms with Gasteiger partial charge in [0.15, 0.2) is 0 Å². The van der Waals surface area contributed by atoms with Gasteiger partial charge in [-0.25, -0.2) is 0 Å². The summed E-state index contributed by atoms with van der Waals surface area (Å²) in [6, 6.07) is 0. The first-order valence-corrected chi connectivity index (χ1v) is 3.54. The van der Waals surface area contributed by atoms with Crippen molar-refractivity contribution < 1.29 is 9.53 Å². The van der Waals surface area contributed by atoms with Crippen LogP contribution in [0.1, 0.15) is 13.3 Å². The summed E-state index contributed by atoms with van der Waals surface area (Å²) in [7, 11) is 1.40. The van der Waals surface area contributed by atoms with E-state index in [1.807, 2.05) is 6.92 Å². The van der Waals surface area contributed by atoms with E-state index in [0.29, 0.717) is 0 Å². The lowest BCUT2D eigenvalue weighted by Crippen LogP contribution is -2.12. The number of hydrogen-bond donors (Lipinski definition) is 1. The van der Waals surface area contributed by atoms with Crippen LogP contribution in [0.2, 0.25) is 0 Å². The van der Waals surface area contributed by atoms with Crippen LogP contribution in [0.25, 0.3) is 0 Å². The highest BCUT2D eigenvalue weighted by molar-refractivity contribution is 7.80. The summed E-state index contributed by atoms with van der Waals surface area (Å²) in [5, 5.41) is 0. The van der Waals surface area contributed by atoms with E-state index in [1.54, 1.807) is 0 Å². The van der Waals surface area contributed by atoms with Gasteiger partial charge in [-0.15, -0.1) is 0 Å². The number of carbonyl (C=O) groups excluding carboxylic acids is 1. The molecule has 0 fully saturated rings. The Labute approximate surface area is 61.0 Å². The highest BCUT2D eigenvalue weighted by Crippen LogP contribution is 2.03. The average molecular weight is 148 g/mol. The van der Waals surface area contributed by atoms with Crippen molar-refractivity contribution in [3.63, 3.8) is 0 Å². The molecule has 1 unspecified atom stereocenters. The lowest BCUT2D eigenvalue weighted by molar-refractivity contribution is -0.144. The van der Waals surface area contributed by atoms with E-state index in [-0.39, 0.29) is 11.9 Å². The van der Waals surface area contributed by atoms with Gasteiger partial charge in [-0.3, -0.25) is 4.79 Å². The van der Waals surface area contributed by atoms with Crippen LogP contribution in [0, 0.1) is 5.92 Å². The number of rotatable bonds is 3. The third-order valence-corrected chi connectivity index (χ3v) is 1.42. The van der Waals surface area contributed by atoms with Crippen LogP contribution in [0.15, 0.2) is 0 Å². The zero-order valence-corrected chi connectivity index (χ0v) is 6.65. The Morgan fingerprint density at radius 3 is 2.67 bits per heavy atom. The predicted molar refractivity (Wildman–Crippen MR) is 39.7 cm³/mol. The van der Waals surface area contributed by atoms with Gasteiger partial charge in [-0.2, -0.15) is 12.6 Å². The molecule has 0 aliphatic heterocycles. The molecule has 0 spiro atoms. The molecule has 0 aliphatic carbocycles. The minimum atomic E-state index is -0.149. The maximum atomic E-state index is 10.6. The van der Waals surface area contributed by atoms with Crippen molar-refractivity contribution in [2.45, 2.75) is 13.3 Å². The van der Waals surface area contributed by atoms with Crippen molar-refractivity contribution in [1.29, 1.82) is 0 Å². The van der Waals surface area contributed by atoms with E-state index >= 15 is 0 Å². The van der Waals surface area contributed by atoms with Crippen LogP contribution >= 0.6 is 12.6 Å². The second-order valence-electron chi connectivity index (χ2n) is 1.94. The molecule has 0 aromatic heterocycles. The first kappa shape index (κ1) is 8.82. The second-order valence-corrected chi connectivity index (χ2v) is 2.38. The first-order chi connectivity index (χ1) is 4.22. The van der Waals surface area contributed by atoms with E-state index in [2.05, 4.69) is 17.4 Å². The molecule has 0 N–H and O–H groups in total. The molecule has 0 aliphatic rings. The molecular formula is C6H12O2S. The molecule has 0 radical (unpaired) electrons. The molecule has 0 rings (SSSR count). The largest absolute Gasteiger partial charge is 0.469 e. The van der Waals surface area contributed by atoms with E-state index in [0.717, 1.165) is 12.2 Å². The smallest absolute Gasteiger partial charge is 0.308 e. The van der Waals surface area contributed by atoms with Gasteiger partial charge in [0.25, 0.3) is 0 Å². The summed E-state index contributed by atoms with van der Waals surface area (Å²) in [6.45, 7) is 1.84. The van der Waals surface area contributed by atoms with Crippen molar-refractivity contribution >= 4 is 18.6 Å². The maximum absolute atomic E-state index is 10.6. The Kier molecular flexibility index (Phi) is 4.58. The number of ether oxygens (including phenoxy) is 1. The lowest BCUT2D eigenvalue weighted by Gasteiger charge is -2.04. The Balaban J connectivity index is 3.45. The molecule has 0 saturated heterocycles. The van der Waals surface area contributed by atoms with Crippen LogP contribution in [-0.2, 0) is 9.53 Å². The topological polar surface area (TPSA) is 26.3 Å². The third kappa shape index (κ3) is 3.40. The summed E-state index contributed by atoms with van der Waals surface area (Å²) >= 11 is 3.99. The van der Waals surface area contributed by atoms with Gasteiger partial charge in [0.05, 0.1) is 13.0 Å². The number of esters is 1. The highest BCUT2D eigenvalue weighted by Gasteiger charge is 2.10. The van der Waals surface area contributed by atoms with E-state index in [4.69, 9.17) is 0 Å². The zero-order valence-electron chi connectivity index (χ0n) is 5.76. The van der Waals surface area contributed by atoms with Gasteiger partial charge < -0.3 is 4.74 Å². The maximum Gasteiger partial charge on any atom is 0.308 e. The number of methoxy groups -OCH3 is 1. The van der Waals surface area contributed by atoms with Gasteiger partial charge in [0, 0.05) is 0 Å². The van der Waals surface area contributed by atoms with Gasteiger partial charge in [-0.1, -0.05) is 6.92 Å². The summed E-state index contributed by atoms with van der Waals surface area (Å²) in [6.07, 6.45) is 0.787. The van der Waals surface area contributed by atoms with Crippen molar-refractivity contribution in [1.82, 2.24) is 0 Å². The summed E-state index contributed by atoms with van der Waals surface area (Å²) < 4.78 is 4.49. The van der Waals surface area contributed by atoms with Crippen LogP contribution in [0.4, 0.5) is 0 Å². The average Bonchev–Trinajstić information content (AvgIpc) is 1.87. The fourth-order valence-electron chi connectivity index (χ4n) is 0.513. The molecule has 0 saturated carbocycles. The first-order valence-electron chi connectivity index (χ1n) is 2.91. The Bertz CT molecular complexity index is 93.1. The van der Waals surface area contributed by atoms with Crippen molar-refractivity contribution in [2.75, 3.05) is 12.9 Å². The minimum absolute atomic E-state index is 0.00694. The molecule has 2 nitrogen and oxygen atoms in total. The van der Waals surface area contributed by atoms with Crippen molar-refractivity contribution in [2.24, 2.45) is 5.92 Å². The zero-order chi connectivity index (χ0) is 7.28. The van der Waals surface area contributed by atoms with Crippen molar-refractivity contribution in [3.05, 3.63) is 0 Å². The van der Waals surface area contributed by atoms with Crippen LogP contribution in [0.3, 0.4) is 0 Å². The quantitative estimate of drug-likeness (QED) is 0.479. The number of thiol groups is 1. The molecule has 54 valence electrons. The molecule has 0 aromatic rings. The summed E-state index contributed by atoms with van der Waals surface area (Å²) in [5.74, 6) is 0.576. The molecule has 0 bridgehead atoms. The van der Waals surface area contributed by atoms with Crippen LogP contribution in [0.5, 0.6) is 0 Å². The molecule has 0 heterocycles. The van der Waals surface area contributed by atoms with Crippen LogP contribution < -0.4 is 0 Å². The SMILES string of the molecule is COC(=O)C(C)CCS. The number of hydrogen-bond acceptors (Lipinski definition) is 3. The monoisotopic (exact) mass is 148 g/mol. The molecule has 1 atom stereocenters. The normalized spacial score (nSPS) is 12.8. The van der Waals surface area contributed by atoms with Gasteiger partial charge >= 0.3 is 5.97 Å². The van der Waals surface area contributed by atoms with E-state index in [1.165, 1.54) is 7.11 Å². The fourth-order valence-corrected chi connectivity index (χ4v) is 0.900. The van der Waals surface area contributed by atoms with Gasteiger partial charge in [0.2, 0.25) is 0 Å². The number of carbonyl (C=O) groups is 1. The summed E-state index contributed by atoms with van der Waals surface area (Å²) in [5.41, 5.74) is 0. The molecule has 3 heteroatoms. The molecular weight excluding hydrogens is 136 g/mol. The molecule has 0 aromatic carbocycles. The fraction of sp³-hybridized carbons (Fsp3) is 0.833. The Morgan fingerprint density at radius 1 is 1.78 bits per heavy atom.